The van der Waals surface area contributed by atoms with Gasteiger partial charge in [0.15, 0.2) is 5.82 Å². The van der Waals surface area contributed by atoms with Crippen LogP contribution < -0.4 is 10.5 Å². The summed E-state index contributed by atoms with van der Waals surface area (Å²) in [6.45, 7) is 9.37. The van der Waals surface area contributed by atoms with Gasteiger partial charge in [-0.2, -0.15) is 5.10 Å². The highest BCUT2D eigenvalue weighted by Gasteiger charge is 2.20. The zero-order valence-corrected chi connectivity index (χ0v) is 12.6. The highest BCUT2D eigenvalue weighted by Crippen LogP contribution is 2.15. The van der Waals surface area contributed by atoms with Crippen LogP contribution in [-0.2, 0) is 16.6 Å². The van der Waals surface area contributed by atoms with E-state index in [4.69, 9.17) is 5.73 Å². The van der Waals surface area contributed by atoms with Gasteiger partial charge in [0.1, 0.15) is 4.90 Å². The van der Waals surface area contributed by atoms with Gasteiger partial charge in [-0.1, -0.05) is 13.8 Å². The van der Waals surface area contributed by atoms with Crippen LogP contribution in [0.15, 0.2) is 11.1 Å². The first-order valence-corrected chi connectivity index (χ1v) is 7.97. The molecule has 0 radical (unpaired) electrons. The molecule has 110 valence electrons. The molecule has 7 nitrogen and oxygen atoms in total. The van der Waals surface area contributed by atoms with Crippen LogP contribution in [0.4, 0.5) is 5.82 Å². The van der Waals surface area contributed by atoms with E-state index < -0.39 is 10.0 Å². The van der Waals surface area contributed by atoms with Gasteiger partial charge in [-0.15, -0.1) is 0 Å². The third-order valence-corrected chi connectivity index (χ3v) is 4.46. The summed E-state index contributed by atoms with van der Waals surface area (Å²) in [6, 6.07) is 0. The Bertz CT molecular complexity index is 493. The Balaban J connectivity index is 2.68. The van der Waals surface area contributed by atoms with Gasteiger partial charge in [-0.3, -0.25) is 4.68 Å². The lowest BCUT2D eigenvalue weighted by Crippen LogP contribution is -2.34. The van der Waals surface area contributed by atoms with E-state index in [-0.39, 0.29) is 10.7 Å². The largest absolute Gasteiger partial charge is 0.381 e. The van der Waals surface area contributed by atoms with Crippen molar-refractivity contribution in [1.82, 2.24) is 19.4 Å². The van der Waals surface area contributed by atoms with Crippen LogP contribution in [0.5, 0.6) is 0 Å². The van der Waals surface area contributed by atoms with Crippen LogP contribution in [0.1, 0.15) is 20.8 Å². The third-order valence-electron chi connectivity index (χ3n) is 2.98. The number of hydrogen-bond acceptors (Lipinski definition) is 5. The van der Waals surface area contributed by atoms with E-state index in [0.717, 1.165) is 13.1 Å². The van der Waals surface area contributed by atoms with Gasteiger partial charge in [0, 0.05) is 25.8 Å². The summed E-state index contributed by atoms with van der Waals surface area (Å²) in [5.74, 6) is 0.0391. The fourth-order valence-electron chi connectivity index (χ4n) is 1.74. The Morgan fingerprint density at radius 1 is 1.37 bits per heavy atom. The lowest BCUT2D eigenvalue weighted by atomic mass is 10.5. The van der Waals surface area contributed by atoms with E-state index in [9.17, 15) is 8.42 Å². The first-order chi connectivity index (χ1) is 8.94. The second-order valence-corrected chi connectivity index (χ2v) is 5.89. The van der Waals surface area contributed by atoms with Crippen molar-refractivity contribution in [3.63, 3.8) is 0 Å². The third kappa shape index (κ3) is 4.19. The number of nitrogens with two attached hydrogens (primary N) is 1. The molecular weight excluding hydrogens is 266 g/mol. The van der Waals surface area contributed by atoms with Crippen molar-refractivity contribution in [2.45, 2.75) is 32.2 Å². The molecule has 0 fully saturated rings. The molecular formula is C11H23N5O2S. The average molecular weight is 289 g/mol. The van der Waals surface area contributed by atoms with Crippen LogP contribution in [-0.4, -0.2) is 49.3 Å². The Morgan fingerprint density at radius 2 is 2.00 bits per heavy atom. The predicted octanol–water partition coefficient (Wildman–Crippen LogP) is 0.105. The highest BCUT2D eigenvalue weighted by molar-refractivity contribution is 7.89. The predicted molar refractivity (Wildman–Crippen MR) is 75.3 cm³/mol. The van der Waals surface area contributed by atoms with Crippen molar-refractivity contribution in [2.24, 2.45) is 0 Å². The first kappa shape index (κ1) is 15.9. The molecule has 1 aromatic rings. The molecule has 0 atom stereocenters. The van der Waals surface area contributed by atoms with Crippen molar-refractivity contribution in [3.8, 4) is 0 Å². The van der Waals surface area contributed by atoms with Gasteiger partial charge < -0.3 is 10.6 Å². The summed E-state index contributed by atoms with van der Waals surface area (Å²) >= 11 is 0. The van der Waals surface area contributed by atoms with Gasteiger partial charge >= 0.3 is 0 Å². The summed E-state index contributed by atoms with van der Waals surface area (Å²) in [5.41, 5.74) is 5.63. The number of sulfonamides is 1. The standard InChI is InChI=1S/C11H23N5O2S/c1-4-15(5-2)8-7-13-19(17,18)10-9-16(6-3)14-11(10)12/h9,13H,4-8H2,1-3H3,(H2,12,14). The van der Waals surface area contributed by atoms with E-state index in [1.54, 1.807) is 0 Å². The van der Waals surface area contributed by atoms with Gasteiger partial charge in [-0.05, 0) is 20.0 Å². The zero-order chi connectivity index (χ0) is 14.5. The molecule has 0 aliphatic heterocycles. The number of nitrogens with zero attached hydrogens (tertiary/aromatic N) is 3. The van der Waals surface area contributed by atoms with Gasteiger partial charge in [0.05, 0.1) is 0 Å². The molecule has 3 N–H and O–H groups in total. The molecule has 8 heteroatoms. The van der Waals surface area contributed by atoms with Crippen LogP contribution in [0, 0.1) is 0 Å². The second kappa shape index (κ2) is 6.88. The maximum absolute atomic E-state index is 12.1. The topological polar surface area (TPSA) is 93.2 Å². The second-order valence-electron chi connectivity index (χ2n) is 4.16. The number of rotatable bonds is 8. The molecule has 0 saturated carbocycles. The van der Waals surface area contributed by atoms with Crippen LogP contribution in [0.3, 0.4) is 0 Å². The maximum Gasteiger partial charge on any atom is 0.245 e. The summed E-state index contributed by atoms with van der Waals surface area (Å²) in [6.07, 6.45) is 1.45. The number of nitrogen functional groups attached to an aromatic ring is 1. The minimum Gasteiger partial charge on any atom is -0.381 e. The molecule has 0 spiro atoms. The molecule has 0 aromatic carbocycles. The smallest absolute Gasteiger partial charge is 0.245 e. The van der Waals surface area contributed by atoms with Gasteiger partial charge in [0.2, 0.25) is 10.0 Å². The van der Waals surface area contributed by atoms with E-state index in [0.29, 0.717) is 19.6 Å². The van der Waals surface area contributed by atoms with Crippen LogP contribution in [0.2, 0.25) is 0 Å². The SMILES string of the molecule is CCN(CC)CCNS(=O)(=O)c1cn(CC)nc1N. The number of nitrogens with one attached hydrogen (secondary N) is 1. The molecule has 0 unspecified atom stereocenters. The number of aryl methyl sites for hydroxylation is 1. The van der Waals surface area contributed by atoms with Crippen LogP contribution >= 0.6 is 0 Å². The zero-order valence-electron chi connectivity index (χ0n) is 11.8. The summed E-state index contributed by atoms with van der Waals surface area (Å²) in [4.78, 5) is 2.19. The monoisotopic (exact) mass is 289 g/mol. The van der Waals surface area contributed by atoms with Crippen molar-refractivity contribution < 1.29 is 8.42 Å². The van der Waals surface area contributed by atoms with Crippen molar-refractivity contribution in [1.29, 1.82) is 0 Å². The average Bonchev–Trinajstić information content (AvgIpc) is 2.77. The fourth-order valence-corrected chi connectivity index (χ4v) is 2.83. The number of anilines is 1. The number of likely N-dealkylation sites (N-methyl/N-ethyl adjacent to an activating group) is 1. The summed E-state index contributed by atoms with van der Waals surface area (Å²) in [5, 5.41) is 3.94. The number of aromatic nitrogens is 2. The van der Waals surface area contributed by atoms with E-state index >= 15 is 0 Å². The van der Waals surface area contributed by atoms with E-state index in [2.05, 4.69) is 14.7 Å². The normalized spacial score (nSPS) is 12.2. The molecule has 1 rings (SSSR count). The molecule has 1 heterocycles. The Morgan fingerprint density at radius 3 is 2.47 bits per heavy atom. The van der Waals surface area contributed by atoms with Gasteiger partial charge in [-0.25, -0.2) is 13.1 Å². The quantitative estimate of drug-likeness (QED) is 0.708. The summed E-state index contributed by atoms with van der Waals surface area (Å²) in [7, 11) is -3.58. The van der Waals surface area contributed by atoms with E-state index in [1.165, 1.54) is 10.9 Å². The minimum absolute atomic E-state index is 0.0391. The van der Waals surface area contributed by atoms with Crippen molar-refractivity contribution >= 4 is 15.8 Å². The Hall–Kier alpha value is -1.12. The molecule has 0 aliphatic rings. The molecule has 0 bridgehead atoms. The first-order valence-electron chi connectivity index (χ1n) is 6.49. The Labute approximate surface area is 114 Å². The minimum atomic E-state index is -3.58. The maximum atomic E-state index is 12.1. The van der Waals surface area contributed by atoms with Gasteiger partial charge in [0.25, 0.3) is 0 Å². The van der Waals surface area contributed by atoms with E-state index in [1.807, 2.05) is 20.8 Å². The van der Waals surface area contributed by atoms with Crippen molar-refractivity contribution in [2.75, 3.05) is 31.9 Å². The number of hydrogen-bond donors (Lipinski definition) is 2. The molecule has 0 aliphatic carbocycles. The molecule has 0 amide bonds. The Kier molecular flexibility index (Phi) is 5.77. The lowest BCUT2D eigenvalue weighted by molar-refractivity contribution is 0.309. The molecule has 19 heavy (non-hydrogen) atoms. The van der Waals surface area contributed by atoms with Crippen LogP contribution in [0.25, 0.3) is 0 Å². The highest BCUT2D eigenvalue weighted by atomic mass is 32.2. The fraction of sp³-hybridized carbons (Fsp3) is 0.727. The van der Waals surface area contributed by atoms with Crippen molar-refractivity contribution in [3.05, 3.63) is 6.20 Å². The summed E-state index contributed by atoms with van der Waals surface area (Å²) < 4.78 is 28.2. The molecule has 0 saturated heterocycles. The lowest BCUT2D eigenvalue weighted by Gasteiger charge is -2.17. The molecule has 1 aromatic heterocycles.